The van der Waals surface area contributed by atoms with E-state index in [2.05, 4.69) is 16.7 Å². The molecule has 2 heterocycles. The first-order valence-corrected chi connectivity index (χ1v) is 13.2. The molecule has 4 aromatic rings. The molecule has 7 heteroatoms. The van der Waals surface area contributed by atoms with Crippen molar-refractivity contribution >= 4 is 39.2 Å². The molecule has 1 atom stereocenters. The second-order valence-corrected chi connectivity index (χ2v) is 10.6. The molecule has 1 unspecified atom stereocenters. The van der Waals surface area contributed by atoms with Gasteiger partial charge in [-0.25, -0.2) is 9.78 Å². The molecular weight excluding hydrogens is 468 g/mol. The van der Waals surface area contributed by atoms with E-state index in [1.54, 1.807) is 11.3 Å². The fourth-order valence-corrected chi connectivity index (χ4v) is 5.80. The molecule has 1 saturated heterocycles. The van der Waals surface area contributed by atoms with Gasteiger partial charge in [-0.15, -0.1) is 11.3 Å². The number of hydrogen-bond acceptors (Lipinski definition) is 4. The highest BCUT2D eigenvalue weighted by Gasteiger charge is 2.36. The van der Waals surface area contributed by atoms with Gasteiger partial charge in [0.2, 0.25) is 5.91 Å². The highest BCUT2D eigenvalue weighted by Crippen LogP contribution is 2.32. The average molecular weight is 499 g/mol. The van der Waals surface area contributed by atoms with Gasteiger partial charge in [0.05, 0.1) is 20.6 Å². The lowest BCUT2D eigenvalue weighted by molar-refractivity contribution is -0.126. The Labute approximate surface area is 215 Å². The Hall–Kier alpha value is -3.71. The number of anilines is 1. The maximum atomic E-state index is 13.7. The minimum Gasteiger partial charge on any atom is -0.351 e. The fraction of sp³-hybridized carbons (Fsp3) is 0.276. The van der Waals surface area contributed by atoms with Gasteiger partial charge in [-0.05, 0) is 55.2 Å². The van der Waals surface area contributed by atoms with Crippen LogP contribution in [0.4, 0.5) is 10.5 Å². The SMILES string of the molecule is CC(Cc1nc2ccccc2s1)(C(=O)NCc1cccc(NC(=O)N2CCCC2)c1)c1ccccc1. The van der Waals surface area contributed by atoms with Crippen LogP contribution in [0.3, 0.4) is 0 Å². The molecule has 1 aromatic heterocycles. The van der Waals surface area contributed by atoms with Crippen molar-refractivity contribution in [3.8, 4) is 0 Å². The standard InChI is InChI=1S/C29H30N4O2S/c1-29(22-11-3-2-4-12-22,19-26-32-24-14-5-6-15-25(24)36-26)27(34)30-20-21-10-9-13-23(18-21)31-28(35)33-16-7-8-17-33/h2-6,9-15,18H,7-8,16-17,19-20H2,1H3,(H,30,34)(H,31,35). The van der Waals surface area contributed by atoms with Crippen LogP contribution in [-0.4, -0.2) is 34.9 Å². The van der Waals surface area contributed by atoms with Crippen molar-refractivity contribution in [1.29, 1.82) is 0 Å². The first kappa shape index (κ1) is 24.0. The highest BCUT2D eigenvalue weighted by atomic mass is 32.1. The van der Waals surface area contributed by atoms with Crippen molar-refractivity contribution in [2.75, 3.05) is 18.4 Å². The van der Waals surface area contributed by atoms with Crippen LogP contribution in [0.15, 0.2) is 78.9 Å². The second kappa shape index (κ2) is 10.5. The number of aromatic nitrogens is 1. The maximum Gasteiger partial charge on any atom is 0.321 e. The number of hydrogen-bond donors (Lipinski definition) is 2. The van der Waals surface area contributed by atoms with Gasteiger partial charge in [0.15, 0.2) is 0 Å². The summed E-state index contributed by atoms with van der Waals surface area (Å²) in [7, 11) is 0. The molecule has 6 nitrogen and oxygen atoms in total. The van der Waals surface area contributed by atoms with Crippen molar-refractivity contribution in [3.63, 3.8) is 0 Å². The predicted octanol–water partition coefficient (Wildman–Crippen LogP) is 5.74. The number of likely N-dealkylation sites (tertiary alicyclic amines) is 1. The molecular formula is C29H30N4O2S. The van der Waals surface area contributed by atoms with Crippen LogP contribution in [0.5, 0.6) is 0 Å². The van der Waals surface area contributed by atoms with Crippen LogP contribution in [-0.2, 0) is 23.2 Å². The van der Waals surface area contributed by atoms with Crippen molar-refractivity contribution in [2.45, 2.75) is 38.1 Å². The van der Waals surface area contributed by atoms with Gasteiger partial charge in [0.25, 0.3) is 0 Å². The Morgan fingerprint density at radius 3 is 2.50 bits per heavy atom. The lowest BCUT2D eigenvalue weighted by Crippen LogP contribution is -2.43. The number of carbonyl (C=O) groups is 2. The van der Waals surface area contributed by atoms with Gasteiger partial charge in [0.1, 0.15) is 0 Å². The summed E-state index contributed by atoms with van der Waals surface area (Å²) >= 11 is 1.63. The number of nitrogens with zero attached hydrogens (tertiary/aromatic N) is 2. The van der Waals surface area contributed by atoms with Crippen molar-refractivity contribution in [1.82, 2.24) is 15.2 Å². The molecule has 0 spiro atoms. The van der Waals surface area contributed by atoms with Crippen LogP contribution >= 0.6 is 11.3 Å². The number of amides is 3. The summed E-state index contributed by atoms with van der Waals surface area (Å²) in [6.45, 7) is 3.95. The topological polar surface area (TPSA) is 74.3 Å². The van der Waals surface area contributed by atoms with Crippen LogP contribution in [0.2, 0.25) is 0 Å². The van der Waals surface area contributed by atoms with Crippen LogP contribution in [0.25, 0.3) is 10.2 Å². The third-order valence-electron chi connectivity index (χ3n) is 6.78. The molecule has 1 fully saturated rings. The van der Waals surface area contributed by atoms with E-state index in [4.69, 9.17) is 4.98 Å². The normalized spacial score (nSPS) is 15.0. The Kier molecular flexibility index (Phi) is 7.00. The van der Waals surface area contributed by atoms with E-state index < -0.39 is 5.41 Å². The number of thiazole rings is 1. The first-order valence-electron chi connectivity index (χ1n) is 12.3. The molecule has 36 heavy (non-hydrogen) atoms. The van der Waals surface area contributed by atoms with E-state index in [1.807, 2.05) is 84.6 Å². The van der Waals surface area contributed by atoms with Crippen molar-refractivity contribution < 1.29 is 9.59 Å². The van der Waals surface area contributed by atoms with E-state index in [1.165, 1.54) is 0 Å². The maximum absolute atomic E-state index is 13.7. The van der Waals surface area contributed by atoms with E-state index in [0.29, 0.717) is 13.0 Å². The van der Waals surface area contributed by atoms with Crippen LogP contribution < -0.4 is 10.6 Å². The van der Waals surface area contributed by atoms with Gasteiger partial charge < -0.3 is 15.5 Å². The zero-order valence-electron chi connectivity index (χ0n) is 20.4. The smallest absolute Gasteiger partial charge is 0.321 e. The first-order chi connectivity index (χ1) is 17.5. The van der Waals surface area contributed by atoms with Crippen molar-refractivity contribution in [3.05, 3.63) is 95.0 Å². The van der Waals surface area contributed by atoms with Gasteiger partial charge in [0, 0.05) is 31.7 Å². The Bertz CT molecular complexity index is 1330. The quantitative estimate of drug-likeness (QED) is 0.341. The van der Waals surface area contributed by atoms with E-state index in [-0.39, 0.29) is 11.9 Å². The monoisotopic (exact) mass is 498 g/mol. The average Bonchev–Trinajstić information content (AvgIpc) is 3.58. The highest BCUT2D eigenvalue weighted by molar-refractivity contribution is 7.18. The number of carbonyl (C=O) groups excluding carboxylic acids is 2. The summed E-state index contributed by atoms with van der Waals surface area (Å²) in [5, 5.41) is 7.06. The van der Waals surface area contributed by atoms with Crippen LogP contribution in [0, 0.1) is 0 Å². The summed E-state index contributed by atoms with van der Waals surface area (Å²) in [6, 6.07) is 25.5. The summed E-state index contributed by atoms with van der Waals surface area (Å²) in [6.07, 6.45) is 2.61. The van der Waals surface area contributed by atoms with Crippen LogP contribution in [0.1, 0.15) is 35.9 Å². The molecule has 3 amide bonds. The summed E-state index contributed by atoms with van der Waals surface area (Å²) < 4.78 is 1.12. The number of rotatable bonds is 7. The molecule has 5 rings (SSSR count). The van der Waals surface area contributed by atoms with Gasteiger partial charge >= 0.3 is 6.03 Å². The molecule has 184 valence electrons. The molecule has 0 saturated carbocycles. The van der Waals surface area contributed by atoms with Gasteiger partial charge in [-0.2, -0.15) is 0 Å². The number of urea groups is 1. The molecule has 2 N–H and O–H groups in total. The van der Waals surface area contributed by atoms with E-state index in [9.17, 15) is 9.59 Å². The molecule has 0 aliphatic carbocycles. The summed E-state index contributed by atoms with van der Waals surface area (Å²) in [5.41, 5.74) is 2.79. The lowest BCUT2D eigenvalue weighted by Gasteiger charge is -2.28. The third kappa shape index (κ3) is 5.26. The summed E-state index contributed by atoms with van der Waals surface area (Å²) in [5.74, 6) is -0.0561. The fourth-order valence-electron chi connectivity index (χ4n) is 4.68. The minimum absolute atomic E-state index is 0.0561. The lowest BCUT2D eigenvalue weighted by atomic mass is 9.78. The van der Waals surface area contributed by atoms with E-state index >= 15 is 0 Å². The molecule has 1 aliphatic heterocycles. The molecule has 0 bridgehead atoms. The second-order valence-electron chi connectivity index (χ2n) is 9.46. The zero-order valence-corrected chi connectivity index (χ0v) is 21.2. The Balaban J connectivity index is 1.31. The van der Waals surface area contributed by atoms with Gasteiger partial charge in [-0.3, -0.25) is 4.79 Å². The molecule has 1 aliphatic rings. The third-order valence-corrected chi connectivity index (χ3v) is 7.82. The summed E-state index contributed by atoms with van der Waals surface area (Å²) in [4.78, 5) is 32.8. The molecule has 3 aromatic carbocycles. The number of para-hydroxylation sites is 1. The number of benzene rings is 3. The van der Waals surface area contributed by atoms with E-state index in [0.717, 1.165) is 58.0 Å². The number of nitrogens with one attached hydrogen (secondary N) is 2. The largest absolute Gasteiger partial charge is 0.351 e. The number of fused-ring (bicyclic) bond motifs is 1. The van der Waals surface area contributed by atoms with Gasteiger partial charge in [-0.1, -0.05) is 54.6 Å². The minimum atomic E-state index is -0.781. The Morgan fingerprint density at radius 2 is 1.72 bits per heavy atom. The Morgan fingerprint density at radius 1 is 0.972 bits per heavy atom. The van der Waals surface area contributed by atoms with Crippen molar-refractivity contribution in [2.24, 2.45) is 0 Å². The molecule has 0 radical (unpaired) electrons. The predicted molar refractivity (Wildman–Crippen MR) is 145 cm³/mol. The zero-order chi connectivity index (χ0) is 25.0.